The number of benzene rings is 1. The monoisotopic (exact) mass is 427 g/mol. The van der Waals surface area contributed by atoms with Crippen molar-refractivity contribution >= 4 is 11.6 Å². The number of pyridine rings is 2. The molecule has 0 aliphatic carbocycles. The van der Waals surface area contributed by atoms with Crippen molar-refractivity contribution in [3.63, 3.8) is 0 Å². The van der Waals surface area contributed by atoms with Crippen molar-refractivity contribution < 1.29 is 9.47 Å². The summed E-state index contributed by atoms with van der Waals surface area (Å²) < 4.78 is 12.9. The highest BCUT2D eigenvalue weighted by Crippen LogP contribution is 2.16. The lowest BCUT2D eigenvalue weighted by atomic mass is 10.1. The van der Waals surface area contributed by atoms with Gasteiger partial charge in [-0.05, 0) is 63.2 Å². The minimum absolute atomic E-state index is 0.0651. The van der Waals surface area contributed by atoms with E-state index in [4.69, 9.17) is 21.1 Å². The SMILES string of the molecule is CC(C)(C)NCCOc1ccc(-n2ccc(OCc3ccc(Cl)cn3)cc2=O)cc1. The average Bonchev–Trinajstić information content (AvgIpc) is 2.71. The van der Waals surface area contributed by atoms with Crippen LogP contribution < -0.4 is 20.3 Å². The molecule has 0 atom stereocenters. The van der Waals surface area contributed by atoms with Crippen molar-refractivity contribution in [3.8, 4) is 17.2 Å². The van der Waals surface area contributed by atoms with E-state index in [2.05, 4.69) is 31.1 Å². The Morgan fingerprint density at radius 1 is 1.03 bits per heavy atom. The molecule has 0 fully saturated rings. The number of halogens is 1. The fourth-order valence-electron chi connectivity index (χ4n) is 2.71. The van der Waals surface area contributed by atoms with Crippen LogP contribution in [0.5, 0.6) is 11.5 Å². The minimum Gasteiger partial charge on any atom is -0.492 e. The number of ether oxygens (including phenoxy) is 2. The Hall–Kier alpha value is -2.83. The summed E-state index contributed by atoms with van der Waals surface area (Å²) in [6.45, 7) is 7.94. The second-order valence-electron chi connectivity index (χ2n) is 7.85. The molecule has 3 aromatic rings. The molecule has 0 bridgehead atoms. The van der Waals surface area contributed by atoms with Gasteiger partial charge in [0.15, 0.2) is 0 Å². The molecule has 2 aromatic heterocycles. The van der Waals surface area contributed by atoms with Crippen molar-refractivity contribution in [2.24, 2.45) is 0 Å². The molecule has 30 heavy (non-hydrogen) atoms. The van der Waals surface area contributed by atoms with Gasteiger partial charge in [-0.25, -0.2) is 0 Å². The molecule has 1 N–H and O–H groups in total. The Balaban J connectivity index is 1.58. The molecule has 0 amide bonds. The molecule has 2 heterocycles. The van der Waals surface area contributed by atoms with Crippen molar-refractivity contribution in [2.75, 3.05) is 13.2 Å². The van der Waals surface area contributed by atoms with E-state index in [9.17, 15) is 4.79 Å². The third kappa shape index (κ3) is 6.61. The number of aromatic nitrogens is 2. The highest BCUT2D eigenvalue weighted by Gasteiger charge is 2.08. The zero-order chi connectivity index (χ0) is 21.6. The number of nitrogens with one attached hydrogen (secondary N) is 1. The first-order chi connectivity index (χ1) is 14.3. The van der Waals surface area contributed by atoms with Crippen LogP contribution in [0.15, 0.2) is 65.7 Å². The van der Waals surface area contributed by atoms with Gasteiger partial charge in [-0.2, -0.15) is 0 Å². The predicted octanol–water partition coefficient (Wildman–Crippen LogP) is 4.23. The number of hydrogen-bond donors (Lipinski definition) is 1. The summed E-state index contributed by atoms with van der Waals surface area (Å²) in [5.74, 6) is 1.25. The number of nitrogens with zero attached hydrogens (tertiary/aromatic N) is 2. The smallest absolute Gasteiger partial charge is 0.258 e. The molecule has 0 aliphatic heterocycles. The van der Waals surface area contributed by atoms with Gasteiger partial charge in [0.1, 0.15) is 24.7 Å². The molecule has 0 radical (unpaired) electrons. The zero-order valence-electron chi connectivity index (χ0n) is 17.4. The fourth-order valence-corrected chi connectivity index (χ4v) is 2.82. The van der Waals surface area contributed by atoms with Crippen LogP contribution in [0.25, 0.3) is 5.69 Å². The Morgan fingerprint density at radius 3 is 2.43 bits per heavy atom. The fraction of sp³-hybridized carbons (Fsp3) is 0.304. The van der Waals surface area contributed by atoms with E-state index < -0.39 is 0 Å². The van der Waals surface area contributed by atoms with Gasteiger partial charge in [0.05, 0.1) is 10.7 Å². The van der Waals surface area contributed by atoms with Crippen LogP contribution >= 0.6 is 11.6 Å². The summed E-state index contributed by atoms with van der Waals surface area (Å²) in [7, 11) is 0. The lowest BCUT2D eigenvalue weighted by Crippen LogP contribution is -2.38. The highest BCUT2D eigenvalue weighted by molar-refractivity contribution is 6.30. The van der Waals surface area contributed by atoms with E-state index in [0.29, 0.717) is 17.4 Å². The number of hydrogen-bond acceptors (Lipinski definition) is 5. The van der Waals surface area contributed by atoms with Gasteiger partial charge in [-0.15, -0.1) is 0 Å². The molecule has 0 saturated heterocycles. The first-order valence-electron chi connectivity index (χ1n) is 9.74. The maximum Gasteiger partial charge on any atom is 0.258 e. The standard InChI is InChI=1S/C23H26ClN3O3/c1-23(2,3)26-11-13-29-20-8-6-19(7-9-20)27-12-10-21(14-22(27)28)30-16-18-5-4-17(24)15-25-18/h4-10,12,14-15,26H,11,13,16H2,1-3H3. The Bertz CT molecular complexity index is 1010. The lowest BCUT2D eigenvalue weighted by Gasteiger charge is -2.20. The first kappa shape index (κ1) is 21.9. The summed E-state index contributed by atoms with van der Waals surface area (Å²) in [5.41, 5.74) is 1.37. The van der Waals surface area contributed by atoms with Crippen LogP contribution in [-0.4, -0.2) is 28.2 Å². The second-order valence-corrected chi connectivity index (χ2v) is 8.28. The summed E-state index contributed by atoms with van der Waals surface area (Å²) in [6.07, 6.45) is 3.25. The molecule has 0 saturated carbocycles. The third-order valence-corrected chi connectivity index (χ3v) is 4.43. The van der Waals surface area contributed by atoms with Crippen LogP contribution in [0.1, 0.15) is 26.5 Å². The van der Waals surface area contributed by atoms with E-state index >= 15 is 0 Å². The predicted molar refractivity (Wildman–Crippen MR) is 119 cm³/mol. The Kier molecular flexibility index (Phi) is 7.13. The van der Waals surface area contributed by atoms with Crippen LogP contribution in [0.4, 0.5) is 0 Å². The molecule has 0 aliphatic rings. The maximum atomic E-state index is 12.5. The topological polar surface area (TPSA) is 65.4 Å². The van der Waals surface area contributed by atoms with Crippen molar-refractivity contribution in [2.45, 2.75) is 32.9 Å². The lowest BCUT2D eigenvalue weighted by molar-refractivity contribution is 0.291. The molecule has 7 heteroatoms. The molecular formula is C23H26ClN3O3. The van der Waals surface area contributed by atoms with Crippen molar-refractivity contribution in [1.82, 2.24) is 14.9 Å². The van der Waals surface area contributed by atoms with Crippen LogP contribution in [0.2, 0.25) is 5.02 Å². The van der Waals surface area contributed by atoms with E-state index in [1.165, 1.54) is 6.07 Å². The zero-order valence-corrected chi connectivity index (χ0v) is 18.1. The maximum absolute atomic E-state index is 12.5. The summed E-state index contributed by atoms with van der Waals surface area (Å²) >= 11 is 5.82. The van der Waals surface area contributed by atoms with Gasteiger partial charge in [-0.3, -0.25) is 14.3 Å². The van der Waals surface area contributed by atoms with Crippen LogP contribution in [0.3, 0.4) is 0 Å². The van der Waals surface area contributed by atoms with Crippen LogP contribution in [-0.2, 0) is 6.61 Å². The normalized spacial score (nSPS) is 11.3. The van der Waals surface area contributed by atoms with E-state index in [0.717, 1.165) is 23.7 Å². The van der Waals surface area contributed by atoms with Gasteiger partial charge in [-0.1, -0.05) is 11.6 Å². The molecular weight excluding hydrogens is 402 g/mol. The highest BCUT2D eigenvalue weighted by atomic mass is 35.5. The van der Waals surface area contributed by atoms with E-state index in [1.807, 2.05) is 24.3 Å². The van der Waals surface area contributed by atoms with Crippen LogP contribution in [0, 0.1) is 0 Å². The Morgan fingerprint density at radius 2 is 1.80 bits per heavy atom. The first-order valence-corrected chi connectivity index (χ1v) is 10.1. The van der Waals surface area contributed by atoms with Gasteiger partial charge >= 0.3 is 0 Å². The molecule has 158 valence electrons. The van der Waals surface area contributed by atoms with Gasteiger partial charge in [0.25, 0.3) is 5.56 Å². The third-order valence-electron chi connectivity index (χ3n) is 4.21. The second kappa shape index (κ2) is 9.78. The van der Waals surface area contributed by atoms with E-state index in [-0.39, 0.29) is 17.7 Å². The molecule has 1 aromatic carbocycles. The molecule has 3 rings (SSSR count). The summed E-state index contributed by atoms with van der Waals surface area (Å²) in [5, 5.41) is 3.94. The minimum atomic E-state index is -0.181. The molecule has 6 nitrogen and oxygen atoms in total. The quantitative estimate of drug-likeness (QED) is 0.545. The average molecular weight is 428 g/mol. The van der Waals surface area contributed by atoms with Gasteiger partial charge < -0.3 is 14.8 Å². The molecule has 0 unspecified atom stereocenters. The van der Waals surface area contributed by atoms with Crippen molar-refractivity contribution in [3.05, 3.63) is 82.0 Å². The largest absolute Gasteiger partial charge is 0.492 e. The van der Waals surface area contributed by atoms with Crippen molar-refractivity contribution in [1.29, 1.82) is 0 Å². The molecule has 0 spiro atoms. The Labute approximate surface area is 181 Å². The van der Waals surface area contributed by atoms with Gasteiger partial charge in [0.2, 0.25) is 0 Å². The summed E-state index contributed by atoms with van der Waals surface area (Å²) in [4.78, 5) is 16.7. The van der Waals surface area contributed by atoms with Gasteiger partial charge in [0, 0.05) is 36.2 Å². The number of rotatable bonds is 8. The van der Waals surface area contributed by atoms with E-state index in [1.54, 1.807) is 35.2 Å². The summed E-state index contributed by atoms with van der Waals surface area (Å²) in [6, 6.07) is 14.2.